The van der Waals surface area contributed by atoms with Gasteiger partial charge in [0, 0.05) is 15.6 Å². The van der Waals surface area contributed by atoms with Crippen LogP contribution in [-0.2, 0) is 0 Å². The Labute approximate surface area is 131 Å². The summed E-state index contributed by atoms with van der Waals surface area (Å²) < 4.78 is 14.4. The number of benzene rings is 1. The van der Waals surface area contributed by atoms with E-state index in [1.807, 2.05) is 6.07 Å². The van der Waals surface area contributed by atoms with Gasteiger partial charge in [-0.1, -0.05) is 39.7 Å². The molecule has 0 aliphatic rings. The van der Waals surface area contributed by atoms with Gasteiger partial charge in [0.2, 0.25) is 0 Å². The maximum absolute atomic E-state index is 13.4. The maximum Gasteiger partial charge on any atom is 0.124 e. The Morgan fingerprint density at radius 1 is 1.14 bits per heavy atom. The van der Waals surface area contributed by atoms with Crippen molar-refractivity contribution in [2.45, 2.75) is 52.5 Å². The minimum absolute atomic E-state index is 0.144. The van der Waals surface area contributed by atoms with Gasteiger partial charge >= 0.3 is 0 Å². The van der Waals surface area contributed by atoms with Gasteiger partial charge in [-0.2, -0.15) is 0 Å². The van der Waals surface area contributed by atoms with Gasteiger partial charge in [-0.05, 0) is 48.9 Å². The molecule has 1 aromatic heterocycles. The summed E-state index contributed by atoms with van der Waals surface area (Å²) in [5.74, 6) is 0.607. The highest BCUT2D eigenvalue weighted by atomic mass is 32.1. The second kappa shape index (κ2) is 7.90. The third kappa shape index (κ3) is 4.27. The van der Waals surface area contributed by atoms with Crippen molar-refractivity contribution in [2.75, 3.05) is 6.54 Å². The van der Waals surface area contributed by atoms with Crippen LogP contribution >= 0.6 is 11.3 Å². The summed E-state index contributed by atoms with van der Waals surface area (Å²) in [7, 11) is 0. The lowest BCUT2D eigenvalue weighted by Gasteiger charge is -2.22. The molecule has 2 aromatic rings. The average molecular weight is 307 g/mol. The lowest BCUT2D eigenvalue weighted by molar-refractivity contribution is 0.375. The zero-order valence-corrected chi connectivity index (χ0v) is 14.1. The fraction of sp³-hybridized carbons (Fsp3) is 0.556. The van der Waals surface area contributed by atoms with Crippen LogP contribution in [0, 0.1) is 11.7 Å². The van der Waals surface area contributed by atoms with Crippen molar-refractivity contribution in [3.8, 4) is 0 Å². The Bertz CT molecular complexity index is 559. The highest BCUT2D eigenvalue weighted by Gasteiger charge is 2.18. The Kier molecular flexibility index (Phi) is 6.19. The summed E-state index contributed by atoms with van der Waals surface area (Å²) in [6, 6.07) is 7.72. The number of rotatable bonds is 8. The van der Waals surface area contributed by atoms with Crippen LogP contribution < -0.4 is 5.32 Å². The van der Waals surface area contributed by atoms with Gasteiger partial charge in [0.05, 0.1) is 0 Å². The van der Waals surface area contributed by atoms with Crippen LogP contribution in [0.4, 0.5) is 4.39 Å². The zero-order chi connectivity index (χ0) is 15.2. The molecule has 1 nitrogen and oxygen atoms in total. The number of hydrogen-bond acceptors (Lipinski definition) is 2. The molecule has 0 amide bonds. The van der Waals surface area contributed by atoms with E-state index in [0.717, 1.165) is 29.0 Å². The van der Waals surface area contributed by atoms with Crippen LogP contribution in [0.5, 0.6) is 0 Å². The van der Waals surface area contributed by atoms with E-state index >= 15 is 0 Å². The van der Waals surface area contributed by atoms with Crippen molar-refractivity contribution in [1.82, 2.24) is 5.32 Å². The van der Waals surface area contributed by atoms with Crippen molar-refractivity contribution in [2.24, 2.45) is 5.92 Å². The highest BCUT2D eigenvalue weighted by molar-refractivity contribution is 7.19. The molecule has 1 N–H and O–H groups in total. The van der Waals surface area contributed by atoms with Crippen LogP contribution in [0.1, 0.15) is 57.4 Å². The molecule has 0 fully saturated rings. The maximum atomic E-state index is 13.4. The van der Waals surface area contributed by atoms with E-state index in [1.165, 1.54) is 24.1 Å². The van der Waals surface area contributed by atoms with Crippen LogP contribution in [-0.4, -0.2) is 6.54 Å². The van der Waals surface area contributed by atoms with Crippen molar-refractivity contribution in [1.29, 1.82) is 0 Å². The molecule has 0 bridgehead atoms. The molecular weight excluding hydrogens is 281 g/mol. The van der Waals surface area contributed by atoms with E-state index in [0.29, 0.717) is 6.04 Å². The van der Waals surface area contributed by atoms with Crippen LogP contribution in [0.3, 0.4) is 0 Å². The Morgan fingerprint density at radius 3 is 2.57 bits per heavy atom. The SMILES string of the molecule is CCCNC(CC(CC)CC)c1cc2ccc(F)cc2s1. The fourth-order valence-corrected chi connectivity index (χ4v) is 3.95. The van der Waals surface area contributed by atoms with Crippen LogP contribution in [0.15, 0.2) is 24.3 Å². The molecule has 0 spiro atoms. The fourth-order valence-electron chi connectivity index (χ4n) is 2.77. The molecule has 2 rings (SSSR count). The van der Waals surface area contributed by atoms with E-state index in [2.05, 4.69) is 32.2 Å². The summed E-state index contributed by atoms with van der Waals surface area (Å²) >= 11 is 1.73. The van der Waals surface area contributed by atoms with Crippen LogP contribution in [0.25, 0.3) is 10.1 Å². The minimum Gasteiger partial charge on any atom is -0.309 e. The summed E-state index contributed by atoms with van der Waals surface area (Å²) in [5, 5.41) is 4.83. The second-order valence-corrected chi connectivity index (χ2v) is 6.87. The standard InChI is InChI=1S/C18H26FNS/c1-4-9-20-16(10-13(5-2)6-3)18-11-14-7-8-15(19)12-17(14)21-18/h7-8,11-13,16,20H,4-6,9-10H2,1-3H3. The Morgan fingerprint density at radius 2 is 1.90 bits per heavy atom. The predicted molar refractivity (Wildman–Crippen MR) is 91.5 cm³/mol. The molecule has 1 heterocycles. The first-order valence-corrected chi connectivity index (χ1v) is 8.91. The van der Waals surface area contributed by atoms with Crippen molar-refractivity contribution < 1.29 is 4.39 Å². The van der Waals surface area contributed by atoms with Gasteiger partial charge in [0.25, 0.3) is 0 Å². The molecule has 3 heteroatoms. The Balaban J connectivity index is 2.24. The van der Waals surface area contributed by atoms with Gasteiger partial charge < -0.3 is 5.32 Å². The Hall–Kier alpha value is -0.930. The van der Waals surface area contributed by atoms with Gasteiger partial charge in [0.15, 0.2) is 0 Å². The highest BCUT2D eigenvalue weighted by Crippen LogP contribution is 2.34. The molecule has 0 aliphatic carbocycles. The van der Waals surface area contributed by atoms with Gasteiger partial charge in [0.1, 0.15) is 5.82 Å². The molecule has 1 atom stereocenters. The molecule has 0 saturated carbocycles. The summed E-state index contributed by atoms with van der Waals surface area (Å²) in [4.78, 5) is 1.34. The van der Waals surface area contributed by atoms with Gasteiger partial charge in [-0.25, -0.2) is 4.39 Å². The normalized spacial score (nSPS) is 13.2. The first-order valence-electron chi connectivity index (χ1n) is 8.10. The lowest BCUT2D eigenvalue weighted by Crippen LogP contribution is -2.23. The molecule has 21 heavy (non-hydrogen) atoms. The van der Waals surface area contributed by atoms with E-state index in [9.17, 15) is 4.39 Å². The van der Waals surface area contributed by atoms with E-state index in [1.54, 1.807) is 23.5 Å². The van der Waals surface area contributed by atoms with Crippen molar-refractivity contribution in [3.63, 3.8) is 0 Å². The molecule has 0 radical (unpaired) electrons. The number of fused-ring (bicyclic) bond motifs is 1. The number of hydrogen-bond donors (Lipinski definition) is 1. The van der Waals surface area contributed by atoms with E-state index < -0.39 is 0 Å². The smallest absolute Gasteiger partial charge is 0.124 e. The minimum atomic E-state index is -0.144. The van der Waals surface area contributed by atoms with E-state index in [-0.39, 0.29) is 5.82 Å². The average Bonchev–Trinajstić information content (AvgIpc) is 2.90. The second-order valence-electron chi connectivity index (χ2n) is 5.76. The van der Waals surface area contributed by atoms with Gasteiger partial charge in [-0.15, -0.1) is 11.3 Å². The first kappa shape index (κ1) is 16.4. The quantitative estimate of drug-likeness (QED) is 0.639. The largest absolute Gasteiger partial charge is 0.309 e. The molecule has 1 aromatic carbocycles. The molecule has 1 unspecified atom stereocenters. The monoisotopic (exact) mass is 307 g/mol. The number of thiophene rings is 1. The first-order chi connectivity index (χ1) is 10.2. The lowest BCUT2D eigenvalue weighted by atomic mass is 9.94. The number of nitrogens with one attached hydrogen (secondary N) is 1. The summed E-state index contributed by atoms with van der Waals surface area (Å²) in [6.07, 6.45) is 4.75. The predicted octanol–water partition coefficient (Wildman–Crippen LogP) is 5.91. The van der Waals surface area contributed by atoms with E-state index in [4.69, 9.17) is 0 Å². The topological polar surface area (TPSA) is 12.0 Å². The van der Waals surface area contributed by atoms with Crippen molar-refractivity contribution in [3.05, 3.63) is 35.0 Å². The van der Waals surface area contributed by atoms with Crippen LogP contribution in [0.2, 0.25) is 0 Å². The third-order valence-corrected chi connectivity index (χ3v) is 5.42. The molecule has 0 saturated heterocycles. The third-order valence-electron chi connectivity index (χ3n) is 4.21. The van der Waals surface area contributed by atoms with Crippen molar-refractivity contribution >= 4 is 21.4 Å². The van der Waals surface area contributed by atoms with Gasteiger partial charge in [-0.3, -0.25) is 0 Å². The molecular formula is C18H26FNS. The number of halogens is 1. The molecule has 0 aliphatic heterocycles. The summed E-state index contributed by atoms with van der Waals surface area (Å²) in [6.45, 7) is 7.77. The summed E-state index contributed by atoms with van der Waals surface area (Å²) in [5.41, 5.74) is 0. The molecule has 116 valence electrons. The zero-order valence-electron chi connectivity index (χ0n) is 13.3.